The number of carboxylic acids is 1. The highest BCUT2D eigenvalue weighted by Crippen LogP contribution is 2.36. The fourth-order valence-corrected chi connectivity index (χ4v) is 3.06. The normalized spacial score (nSPS) is 12.3. The number of aliphatic hydroxyl groups is 2. The fraction of sp³-hybridized carbons (Fsp3) is 0.333. The molecule has 0 atom stereocenters. The topological polar surface area (TPSA) is 146 Å². The van der Waals surface area contributed by atoms with Gasteiger partial charge in [0.25, 0.3) is 0 Å². The zero-order chi connectivity index (χ0) is 22.3. The molecule has 0 radical (unpaired) electrons. The van der Waals surface area contributed by atoms with Gasteiger partial charge in [-0.3, -0.25) is 4.79 Å². The molecule has 0 spiro atoms. The molecule has 0 aliphatic rings. The molecule has 0 aliphatic heterocycles. The van der Waals surface area contributed by atoms with Crippen LogP contribution >= 0.6 is 0 Å². The minimum absolute atomic E-state index is 0.0120. The Bertz CT molecular complexity index is 1090. The predicted molar refractivity (Wildman–Crippen MR) is 107 cm³/mol. The van der Waals surface area contributed by atoms with Gasteiger partial charge in [0.15, 0.2) is 0 Å². The fourth-order valence-electron chi connectivity index (χ4n) is 3.06. The Morgan fingerprint density at radius 3 is 2.10 bits per heavy atom. The number of aromatic hydroxyl groups is 1. The van der Waals surface area contributed by atoms with Gasteiger partial charge in [-0.05, 0) is 35.6 Å². The standard InChI is InChI=1S/C21H23N3O6/c1-20(2,3)13-10-12(8-9-17(25)21(29,30)19(27)28)11-16(18(13)26)24-22-14-6-4-5-7-15(14)23-24/h4-7,10-11,26,29-30H,8-9H2,1-3H3,(H,27,28). The van der Waals surface area contributed by atoms with E-state index < -0.39 is 29.4 Å². The van der Waals surface area contributed by atoms with Crippen LogP contribution in [-0.4, -0.2) is 53.0 Å². The molecule has 0 saturated heterocycles. The number of aliphatic carboxylic acids is 1. The van der Waals surface area contributed by atoms with Gasteiger partial charge < -0.3 is 20.4 Å². The zero-order valence-corrected chi connectivity index (χ0v) is 16.8. The second-order valence-electron chi connectivity index (χ2n) is 8.14. The van der Waals surface area contributed by atoms with E-state index >= 15 is 0 Å². The number of aromatic nitrogens is 3. The van der Waals surface area contributed by atoms with E-state index in [2.05, 4.69) is 10.2 Å². The summed E-state index contributed by atoms with van der Waals surface area (Å²) in [5, 5.41) is 47.3. The lowest BCUT2D eigenvalue weighted by atomic mass is 9.84. The molecule has 1 aromatic heterocycles. The number of benzene rings is 2. The van der Waals surface area contributed by atoms with Crippen molar-refractivity contribution in [2.24, 2.45) is 0 Å². The Labute approximate surface area is 172 Å². The second-order valence-corrected chi connectivity index (χ2v) is 8.14. The molecule has 9 nitrogen and oxygen atoms in total. The molecule has 30 heavy (non-hydrogen) atoms. The molecular formula is C21H23N3O6. The van der Waals surface area contributed by atoms with Crippen LogP contribution in [0.25, 0.3) is 16.7 Å². The van der Waals surface area contributed by atoms with Crippen LogP contribution in [0.5, 0.6) is 5.75 Å². The van der Waals surface area contributed by atoms with E-state index in [4.69, 9.17) is 5.11 Å². The van der Waals surface area contributed by atoms with Gasteiger partial charge in [0, 0.05) is 12.0 Å². The van der Waals surface area contributed by atoms with Crippen molar-refractivity contribution < 1.29 is 30.0 Å². The predicted octanol–water partition coefficient (Wildman–Crippen LogP) is 1.69. The maximum atomic E-state index is 11.9. The third-order valence-electron chi connectivity index (χ3n) is 4.79. The van der Waals surface area contributed by atoms with Gasteiger partial charge in [-0.2, -0.15) is 0 Å². The Hall–Kier alpha value is -3.30. The largest absolute Gasteiger partial charge is 0.505 e. The first-order valence-electron chi connectivity index (χ1n) is 9.31. The molecule has 2 aromatic carbocycles. The van der Waals surface area contributed by atoms with Crippen molar-refractivity contribution in [3.63, 3.8) is 0 Å². The van der Waals surface area contributed by atoms with E-state index in [9.17, 15) is 24.9 Å². The molecule has 0 unspecified atom stereocenters. The highest BCUT2D eigenvalue weighted by molar-refractivity contribution is 6.04. The van der Waals surface area contributed by atoms with E-state index in [-0.39, 0.29) is 12.2 Å². The summed E-state index contributed by atoms with van der Waals surface area (Å²) in [6.07, 6.45) is -0.381. The second kappa shape index (κ2) is 7.51. The van der Waals surface area contributed by atoms with Crippen molar-refractivity contribution in [2.45, 2.75) is 44.8 Å². The first kappa shape index (κ1) is 21.4. The van der Waals surface area contributed by atoms with Crippen LogP contribution < -0.4 is 0 Å². The quantitative estimate of drug-likeness (QED) is 0.353. The van der Waals surface area contributed by atoms with Crippen molar-refractivity contribution in [1.82, 2.24) is 15.0 Å². The number of hydrogen-bond donors (Lipinski definition) is 4. The highest BCUT2D eigenvalue weighted by Gasteiger charge is 2.41. The maximum Gasteiger partial charge on any atom is 0.372 e. The SMILES string of the molecule is CC(C)(C)c1cc(CCC(=O)C(O)(O)C(=O)O)cc(-n2nc3ccccc3n2)c1O. The number of carbonyl (C=O) groups excluding carboxylic acids is 1. The number of Topliss-reactive ketones (excluding diaryl/α,β-unsaturated/α-hetero) is 1. The molecule has 0 amide bonds. The minimum atomic E-state index is -3.44. The number of aryl methyl sites for hydroxylation is 1. The lowest BCUT2D eigenvalue weighted by molar-refractivity contribution is -0.204. The zero-order valence-electron chi connectivity index (χ0n) is 16.8. The number of rotatable bonds is 6. The molecule has 0 aliphatic carbocycles. The highest BCUT2D eigenvalue weighted by atomic mass is 16.5. The maximum absolute atomic E-state index is 11.9. The third kappa shape index (κ3) is 4.03. The Balaban J connectivity index is 2.03. The van der Waals surface area contributed by atoms with Crippen LogP contribution in [0.2, 0.25) is 0 Å². The number of phenols is 1. The van der Waals surface area contributed by atoms with Crippen molar-refractivity contribution in [1.29, 1.82) is 0 Å². The van der Waals surface area contributed by atoms with Crippen molar-refractivity contribution >= 4 is 22.8 Å². The average Bonchev–Trinajstić information content (AvgIpc) is 3.09. The molecule has 158 valence electrons. The van der Waals surface area contributed by atoms with Crippen molar-refractivity contribution in [3.8, 4) is 11.4 Å². The van der Waals surface area contributed by atoms with Gasteiger partial charge in [-0.25, -0.2) is 4.79 Å². The van der Waals surface area contributed by atoms with Gasteiger partial charge in [0.2, 0.25) is 5.78 Å². The number of carbonyl (C=O) groups is 2. The van der Waals surface area contributed by atoms with Crippen LogP contribution in [-0.2, 0) is 21.4 Å². The van der Waals surface area contributed by atoms with E-state index in [1.165, 1.54) is 4.80 Å². The van der Waals surface area contributed by atoms with E-state index in [1.807, 2.05) is 32.9 Å². The van der Waals surface area contributed by atoms with Crippen molar-refractivity contribution in [2.75, 3.05) is 0 Å². The van der Waals surface area contributed by atoms with E-state index in [0.29, 0.717) is 27.8 Å². The van der Waals surface area contributed by atoms with Crippen LogP contribution in [0.4, 0.5) is 0 Å². The summed E-state index contributed by atoms with van der Waals surface area (Å²) in [4.78, 5) is 24.1. The molecule has 1 heterocycles. The first-order valence-corrected chi connectivity index (χ1v) is 9.31. The lowest BCUT2D eigenvalue weighted by Crippen LogP contribution is -2.46. The average molecular weight is 413 g/mol. The smallest absolute Gasteiger partial charge is 0.372 e. The van der Waals surface area contributed by atoms with E-state index in [1.54, 1.807) is 24.3 Å². The molecule has 9 heteroatoms. The lowest BCUT2D eigenvalue weighted by Gasteiger charge is -2.23. The van der Waals surface area contributed by atoms with Crippen LogP contribution in [0, 0.1) is 0 Å². The molecule has 0 fully saturated rings. The summed E-state index contributed by atoms with van der Waals surface area (Å²) in [5.74, 6) is -6.71. The van der Waals surface area contributed by atoms with Crippen LogP contribution in [0.15, 0.2) is 36.4 Å². The Kier molecular flexibility index (Phi) is 5.36. The molecule has 4 N–H and O–H groups in total. The number of ketones is 1. The summed E-state index contributed by atoms with van der Waals surface area (Å²) in [6, 6.07) is 10.5. The molecular weight excluding hydrogens is 390 g/mol. The monoisotopic (exact) mass is 413 g/mol. The first-order chi connectivity index (χ1) is 13.9. The molecule has 0 saturated carbocycles. The molecule has 3 aromatic rings. The van der Waals surface area contributed by atoms with E-state index in [0.717, 1.165) is 0 Å². The number of fused-ring (bicyclic) bond motifs is 1. The summed E-state index contributed by atoms with van der Waals surface area (Å²) in [5.41, 5.74) is 2.30. The van der Waals surface area contributed by atoms with Gasteiger partial charge >= 0.3 is 11.8 Å². The van der Waals surface area contributed by atoms with Crippen LogP contribution in [0.1, 0.15) is 38.3 Å². The number of nitrogens with zero attached hydrogens (tertiary/aromatic N) is 3. The summed E-state index contributed by atoms with van der Waals surface area (Å²) in [7, 11) is 0. The Morgan fingerprint density at radius 2 is 1.60 bits per heavy atom. The van der Waals surface area contributed by atoms with Crippen LogP contribution in [0.3, 0.4) is 0 Å². The number of hydrogen-bond acceptors (Lipinski definition) is 7. The number of carboxylic acid groups (broad SMARTS) is 1. The summed E-state index contributed by atoms with van der Waals surface area (Å²) in [6.45, 7) is 5.72. The van der Waals surface area contributed by atoms with Gasteiger partial charge in [-0.1, -0.05) is 39.0 Å². The number of phenolic OH excluding ortho intramolecular Hbond substituents is 1. The van der Waals surface area contributed by atoms with Gasteiger partial charge in [-0.15, -0.1) is 15.0 Å². The summed E-state index contributed by atoms with van der Waals surface area (Å²) >= 11 is 0. The molecule has 0 bridgehead atoms. The molecule has 3 rings (SSSR count). The summed E-state index contributed by atoms with van der Waals surface area (Å²) < 4.78 is 0. The van der Waals surface area contributed by atoms with Gasteiger partial charge in [0.05, 0.1) is 0 Å². The van der Waals surface area contributed by atoms with Gasteiger partial charge in [0.1, 0.15) is 22.5 Å². The Morgan fingerprint density at radius 1 is 1.03 bits per heavy atom. The van der Waals surface area contributed by atoms with Crippen molar-refractivity contribution in [3.05, 3.63) is 47.5 Å². The third-order valence-corrected chi connectivity index (χ3v) is 4.79. The minimum Gasteiger partial charge on any atom is -0.505 e.